The molecule has 1 aromatic heterocycles. The molecule has 7 heteroatoms. The lowest BCUT2D eigenvalue weighted by Crippen LogP contribution is -2.20. The van der Waals surface area contributed by atoms with Crippen molar-refractivity contribution in [2.75, 3.05) is 5.32 Å². The maximum absolute atomic E-state index is 11.9. The predicted octanol–water partition coefficient (Wildman–Crippen LogP) is 2.70. The molecule has 0 aliphatic rings. The summed E-state index contributed by atoms with van der Waals surface area (Å²) in [5.74, 6) is -1.41. The van der Waals surface area contributed by atoms with E-state index < -0.39 is 12.3 Å². The Bertz CT molecular complexity index is 362. The molecule has 1 N–H and O–H groups in total. The van der Waals surface area contributed by atoms with E-state index in [1.54, 1.807) is 0 Å². The number of anilines is 1. The first-order valence-electron chi connectivity index (χ1n) is 3.41. The highest BCUT2D eigenvalue weighted by molar-refractivity contribution is 9.10. The van der Waals surface area contributed by atoms with Crippen molar-refractivity contribution in [3.8, 4) is 0 Å². The third-order valence-corrected chi connectivity index (χ3v) is 2.00. The van der Waals surface area contributed by atoms with Crippen LogP contribution in [0.25, 0.3) is 0 Å². The van der Waals surface area contributed by atoms with E-state index in [1.165, 1.54) is 12.3 Å². The Morgan fingerprint density at radius 3 is 2.86 bits per heavy atom. The van der Waals surface area contributed by atoms with Crippen LogP contribution in [0.3, 0.4) is 0 Å². The van der Waals surface area contributed by atoms with Gasteiger partial charge in [-0.1, -0.05) is 11.6 Å². The van der Waals surface area contributed by atoms with Gasteiger partial charge in [0.15, 0.2) is 5.15 Å². The second-order valence-corrected chi connectivity index (χ2v) is 3.56. The number of alkyl halides is 2. The van der Waals surface area contributed by atoms with Crippen molar-refractivity contribution in [3.05, 3.63) is 21.9 Å². The molecule has 1 amide bonds. The average Bonchev–Trinajstić information content (AvgIpc) is 2.11. The van der Waals surface area contributed by atoms with Crippen molar-refractivity contribution in [1.82, 2.24) is 4.98 Å². The summed E-state index contributed by atoms with van der Waals surface area (Å²) in [5.41, 5.74) is 0.0475. The van der Waals surface area contributed by atoms with E-state index in [0.717, 1.165) is 0 Å². The van der Waals surface area contributed by atoms with E-state index in [0.29, 0.717) is 4.47 Å². The van der Waals surface area contributed by atoms with Gasteiger partial charge in [-0.3, -0.25) is 4.79 Å². The molecule has 0 aromatic carbocycles. The lowest BCUT2D eigenvalue weighted by molar-refractivity contribution is -0.126. The van der Waals surface area contributed by atoms with Gasteiger partial charge in [0.05, 0.1) is 5.69 Å². The van der Waals surface area contributed by atoms with Crippen molar-refractivity contribution in [2.45, 2.75) is 6.43 Å². The second-order valence-electron chi connectivity index (χ2n) is 2.28. The fraction of sp³-hybridized carbons (Fsp3) is 0.143. The Morgan fingerprint density at radius 1 is 1.64 bits per heavy atom. The van der Waals surface area contributed by atoms with Crippen LogP contribution in [-0.4, -0.2) is 17.3 Å². The zero-order valence-corrected chi connectivity index (χ0v) is 8.94. The molecular formula is C7H4BrClF2N2O. The van der Waals surface area contributed by atoms with Crippen molar-refractivity contribution in [1.29, 1.82) is 0 Å². The minimum absolute atomic E-state index is 0.0396. The molecule has 14 heavy (non-hydrogen) atoms. The molecule has 0 aliphatic heterocycles. The minimum Gasteiger partial charge on any atom is -0.318 e. The highest BCUT2D eigenvalue weighted by atomic mass is 79.9. The maximum atomic E-state index is 11.9. The molecule has 0 saturated heterocycles. The number of hydrogen-bond acceptors (Lipinski definition) is 2. The smallest absolute Gasteiger partial charge is 0.315 e. The molecule has 0 spiro atoms. The first-order valence-corrected chi connectivity index (χ1v) is 4.58. The van der Waals surface area contributed by atoms with Crippen molar-refractivity contribution in [3.63, 3.8) is 0 Å². The van der Waals surface area contributed by atoms with Gasteiger partial charge in [0, 0.05) is 10.7 Å². The summed E-state index contributed by atoms with van der Waals surface area (Å²) < 4.78 is 24.3. The van der Waals surface area contributed by atoms with Gasteiger partial charge < -0.3 is 5.32 Å². The number of nitrogens with zero attached hydrogens (tertiary/aromatic N) is 1. The Hall–Kier alpha value is -0.750. The molecule has 0 radical (unpaired) electrons. The largest absolute Gasteiger partial charge is 0.318 e. The third kappa shape index (κ3) is 2.88. The van der Waals surface area contributed by atoms with Crippen LogP contribution in [0.1, 0.15) is 0 Å². The van der Waals surface area contributed by atoms with E-state index >= 15 is 0 Å². The number of nitrogens with one attached hydrogen (secondary N) is 1. The minimum atomic E-state index is -3.08. The van der Waals surface area contributed by atoms with Gasteiger partial charge in [0.25, 0.3) is 5.91 Å². The van der Waals surface area contributed by atoms with Crippen LogP contribution in [-0.2, 0) is 4.79 Å². The molecule has 0 fully saturated rings. The summed E-state index contributed by atoms with van der Waals surface area (Å²) in [6.07, 6.45) is -1.69. The van der Waals surface area contributed by atoms with Gasteiger partial charge in [-0.2, -0.15) is 8.78 Å². The van der Waals surface area contributed by atoms with Crippen LogP contribution in [0, 0.1) is 0 Å². The highest BCUT2D eigenvalue weighted by Crippen LogP contribution is 2.23. The summed E-state index contributed by atoms with van der Waals surface area (Å²) >= 11 is 8.62. The van der Waals surface area contributed by atoms with E-state index in [9.17, 15) is 13.6 Å². The number of hydrogen-bond donors (Lipinski definition) is 1. The number of amides is 1. The van der Waals surface area contributed by atoms with Crippen LogP contribution in [0.15, 0.2) is 16.7 Å². The number of rotatable bonds is 2. The topological polar surface area (TPSA) is 42.0 Å². The Kier molecular flexibility index (Phi) is 3.77. The fourth-order valence-corrected chi connectivity index (χ4v) is 1.18. The van der Waals surface area contributed by atoms with Crippen LogP contribution >= 0.6 is 27.5 Å². The normalized spacial score (nSPS) is 10.4. The van der Waals surface area contributed by atoms with Crippen LogP contribution in [0.4, 0.5) is 14.5 Å². The number of halogens is 4. The van der Waals surface area contributed by atoms with Gasteiger partial charge in [-0.15, -0.1) is 0 Å². The maximum Gasteiger partial charge on any atom is 0.315 e. The Labute approximate surface area is 91.6 Å². The van der Waals surface area contributed by atoms with E-state index in [4.69, 9.17) is 11.6 Å². The molecule has 3 nitrogen and oxygen atoms in total. The third-order valence-electron chi connectivity index (χ3n) is 1.26. The van der Waals surface area contributed by atoms with Crippen molar-refractivity contribution in [2.24, 2.45) is 0 Å². The monoisotopic (exact) mass is 284 g/mol. The first kappa shape index (κ1) is 11.3. The second kappa shape index (κ2) is 4.65. The van der Waals surface area contributed by atoms with E-state index in [1.807, 2.05) is 5.32 Å². The summed E-state index contributed by atoms with van der Waals surface area (Å²) in [6, 6.07) is 1.38. The summed E-state index contributed by atoms with van der Waals surface area (Å²) in [4.78, 5) is 14.3. The van der Waals surface area contributed by atoms with Gasteiger partial charge in [-0.05, 0) is 22.0 Å². The fourth-order valence-electron chi connectivity index (χ4n) is 0.698. The Balaban J connectivity index is 2.86. The Morgan fingerprint density at radius 2 is 2.29 bits per heavy atom. The van der Waals surface area contributed by atoms with Crippen molar-refractivity contribution < 1.29 is 13.6 Å². The average molecular weight is 285 g/mol. The van der Waals surface area contributed by atoms with E-state index in [2.05, 4.69) is 20.9 Å². The van der Waals surface area contributed by atoms with Crippen LogP contribution < -0.4 is 5.32 Å². The molecule has 0 aliphatic carbocycles. The van der Waals surface area contributed by atoms with Crippen LogP contribution in [0.5, 0.6) is 0 Å². The molecule has 0 saturated carbocycles. The number of carbonyl (C=O) groups excluding carboxylic acids is 1. The molecule has 1 aromatic rings. The van der Waals surface area contributed by atoms with Gasteiger partial charge in [0.2, 0.25) is 0 Å². The molecular weight excluding hydrogens is 281 g/mol. The molecule has 0 atom stereocenters. The number of pyridine rings is 1. The highest BCUT2D eigenvalue weighted by Gasteiger charge is 2.16. The molecule has 1 heterocycles. The molecule has 0 unspecified atom stereocenters. The quantitative estimate of drug-likeness (QED) is 0.849. The molecule has 0 bridgehead atoms. The molecule has 1 rings (SSSR count). The summed E-state index contributed by atoms with van der Waals surface area (Å²) in [7, 11) is 0. The first-order chi connectivity index (χ1) is 6.50. The predicted molar refractivity (Wildman–Crippen MR) is 51.6 cm³/mol. The van der Waals surface area contributed by atoms with Gasteiger partial charge in [0.1, 0.15) is 0 Å². The number of aromatic nitrogens is 1. The lowest BCUT2D eigenvalue weighted by atomic mass is 10.4. The van der Waals surface area contributed by atoms with Gasteiger partial charge >= 0.3 is 6.43 Å². The van der Waals surface area contributed by atoms with Gasteiger partial charge in [-0.25, -0.2) is 4.98 Å². The molecule has 76 valence electrons. The van der Waals surface area contributed by atoms with E-state index in [-0.39, 0.29) is 10.8 Å². The van der Waals surface area contributed by atoms with Crippen molar-refractivity contribution >= 4 is 39.1 Å². The summed E-state index contributed by atoms with van der Waals surface area (Å²) in [6.45, 7) is 0. The number of carbonyl (C=O) groups is 1. The van der Waals surface area contributed by atoms with Crippen LogP contribution in [0.2, 0.25) is 5.15 Å². The summed E-state index contributed by atoms with van der Waals surface area (Å²) in [5, 5.41) is 1.90. The zero-order valence-electron chi connectivity index (χ0n) is 6.60. The SMILES string of the molecule is O=C(Nc1cc(Br)cnc1Cl)C(F)F. The zero-order chi connectivity index (χ0) is 10.7. The standard InChI is InChI=1S/C7H4BrClF2N2O/c8-3-1-4(5(9)12-2-3)13-7(14)6(10)11/h1-2,6H,(H,13,14). The lowest BCUT2D eigenvalue weighted by Gasteiger charge is -2.05.